The summed E-state index contributed by atoms with van der Waals surface area (Å²) in [6, 6.07) is 0.356. The molecule has 0 heterocycles. The lowest BCUT2D eigenvalue weighted by atomic mass is 9.95. The van der Waals surface area contributed by atoms with Gasteiger partial charge in [0.1, 0.15) is 6.61 Å². The molecule has 0 aromatic heterocycles. The second kappa shape index (κ2) is 6.64. The minimum atomic E-state index is -0.242. The smallest absolute Gasteiger partial charge is 0.246 e. The number of ether oxygens (including phenoxy) is 1. The molecule has 0 atom stereocenters. The number of hydrogen-bond donors (Lipinski definition) is 1. The first-order valence-corrected chi connectivity index (χ1v) is 7.65. The number of carbonyl (C=O) groups is 1. The van der Waals surface area contributed by atoms with E-state index in [1.165, 1.54) is 12.8 Å². The maximum atomic E-state index is 11.7. The van der Waals surface area contributed by atoms with Gasteiger partial charge in [-0.15, -0.1) is 0 Å². The molecule has 0 aromatic carbocycles. The van der Waals surface area contributed by atoms with Gasteiger partial charge in [-0.05, 0) is 52.7 Å². The van der Waals surface area contributed by atoms with Crippen LogP contribution in [0.25, 0.3) is 0 Å². The van der Waals surface area contributed by atoms with E-state index in [1.54, 1.807) is 0 Å². The van der Waals surface area contributed by atoms with Crippen LogP contribution in [-0.2, 0) is 9.53 Å². The van der Waals surface area contributed by atoms with E-state index in [9.17, 15) is 4.79 Å². The zero-order valence-corrected chi connectivity index (χ0v) is 12.2. The van der Waals surface area contributed by atoms with Crippen molar-refractivity contribution in [2.45, 2.75) is 63.3 Å². The Kier molecular flexibility index (Phi) is 5.80. The normalized spacial score (nSPS) is 25.6. The number of thioether (sulfide) groups is 1. The van der Waals surface area contributed by atoms with Crippen LogP contribution in [0.3, 0.4) is 0 Å². The van der Waals surface area contributed by atoms with Gasteiger partial charge in [0.2, 0.25) is 5.91 Å². The molecule has 1 rings (SSSR count). The summed E-state index contributed by atoms with van der Waals surface area (Å²) in [5.41, 5.74) is -0.242. The third kappa shape index (κ3) is 6.32. The van der Waals surface area contributed by atoms with Crippen molar-refractivity contribution in [3.8, 4) is 0 Å². The third-order valence-electron chi connectivity index (χ3n) is 3.01. The van der Waals surface area contributed by atoms with E-state index in [-0.39, 0.29) is 18.1 Å². The highest BCUT2D eigenvalue weighted by Crippen LogP contribution is 2.26. The van der Waals surface area contributed by atoms with Gasteiger partial charge in [0.05, 0.1) is 5.60 Å². The Balaban J connectivity index is 2.19. The van der Waals surface area contributed by atoms with Crippen molar-refractivity contribution < 1.29 is 9.53 Å². The lowest BCUT2D eigenvalue weighted by Gasteiger charge is -2.28. The van der Waals surface area contributed by atoms with E-state index < -0.39 is 0 Å². The average Bonchev–Trinajstić information content (AvgIpc) is 2.27. The molecule has 1 aliphatic rings. The molecular formula is C13H25NO2S. The molecule has 1 amide bonds. The number of hydrogen-bond acceptors (Lipinski definition) is 3. The highest BCUT2D eigenvalue weighted by atomic mass is 32.2. The van der Waals surface area contributed by atoms with Crippen molar-refractivity contribution in [3.05, 3.63) is 0 Å². The Bertz CT molecular complexity index is 242. The van der Waals surface area contributed by atoms with Crippen molar-refractivity contribution in [1.82, 2.24) is 5.32 Å². The Labute approximate surface area is 109 Å². The topological polar surface area (TPSA) is 38.3 Å². The van der Waals surface area contributed by atoms with Crippen LogP contribution in [0, 0.1) is 0 Å². The molecular weight excluding hydrogens is 234 g/mol. The van der Waals surface area contributed by atoms with Crippen molar-refractivity contribution in [2.24, 2.45) is 0 Å². The number of rotatable bonds is 4. The largest absolute Gasteiger partial charge is 0.366 e. The number of amides is 1. The van der Waals surface area contributed by atoms with Crippen LogP contribution >= 0.6 is 11.8 Å². The van der Waals surface area contributed by atoms with E-state index in [0.29, 0.717) is 6.04 Å². The van der Waals surface area contributed by atoms with Crippen LogP contribution in [0.5, 0.6) is 0 Å². The standard InChI is InChI=1S/C13H25NO2S/c1-13(2,3)16-9-12(15)14-10-5-7-11(17-4)8-6-10/h10-11H,5-9H2,1-4H3,(H,14,15). The Morgan fingerprint density at radius 3 is 2.35 bits per heavy atom. The van der Waals surface area contributed by atoms with Crippen LogP contribution in [-0.4, -0.2) is 35.7 Å². The molecule has 1 fully saturated rings. The molecule has 1 saturated carbocycles. The molecule has 0 saturated heterocycles. The summed E-state index contributed by atoms with van der Waals surface area (Å²) in [5.74, 6) is 0.0209. The number of carbonyl (C=O) groups excluding carboxylic acids is 1. The van der Waals surface area contributed by atoms with Crippen LogP contribution in [0.2, 0.25) is 0 Å². The van der Waals surface area contributed by atoms with Gasteiger partial charge in [-0.3, -0.25) is 4.79 Å². The summed E-state index contributed by atoms with van der Waals surface area (Å²) in [7, 11) is 0. The lowest BCUT2D eigenvalue weighted by Crippen LogP contribution is -2.41. The molecule has 17 heavy (non-hydrogen) atoms. The van der Waals surface area contributed by atoms with E-state index in [0.717, 1.165) is 18.1 Å². The van der Waals surface area contributed by atoms with E-state index in [1.807, 2.05) is 32.5 Å². The first-order chi connectivity index (χ1) is 7.90. The monoisotopic (exact) mass is 259 g/mol. The van der Waals surface area contributed by atoms with Gasteiger partial charge < -0.3 is 10.1 Å². The Morgan fingerprint density at radius 1 is 1.29 bits per heavy atom. The number of nitrogens with one attached hydrogen (secondary N) is 1. The van der Waals surface area contributed by atoms with Crippen LogP contribution in [0.1, 0.15) is 46.5 Å². The maximum Gasteiger partial charge on any atom is 0.246 e. The minimum Gasteiger partial charge on any atom is -0.366 e. The fourth-order valence-corrected chi connectivity index (χ4v) is 2.74. The van der Waals surface area contributed by atoms with Gasteiger partial charge in [-0.2, -0.15) is 11.8 Å². The molecule has 1 N–H and O–H groups in total. The summed E-state index contributed by atoms with van der Waals surface area (Å²) in [6.45, 7) is 6.06. The first kappa shape index (κ1) is 14.8. The maximum absolute atomic E-state index is 11.7. The van der Waals surface area contributed by atoms with Crippen molar-refractivity contribution in [2.75, 3.05) is 12.9 Å². The van der Waals surface area contributed by atoms with Gasteiger partial charge in [0.25, 0.3) is 0 Å². The summed E-state index contributed by atoms with van der Waals surface area (Å²) < 4.78 is 5.46. The van der Waals surface area contributed by atoms with E-state index >= 15 is 0 Å². The van der Waals surface area contributed by atoms with Gasteiger partial charge in [-0.25, -0.2) is 0 Å². The van der Waals surface area contributed by atoms with Crippen molar-refractivity contribution >= 4 is 17.7 Å². The molecule has 3 nitrogen and oxygen atoms in total. The molecule has 0 aliphatic heterocycles. The summed E-state index contributed by atoms with van der Waals surface area (Å²) in [4.78, 5) is 11.7. The molecule has 0 bridgehead atoms. The van der Waals surface area contributed by atoms with E-state index in [4.69, 9.17) is 4.74 Å². The molecule has 0 aromatic rings. The fourth-order valence-electron chi connectivity index (χ4n) is 1.99. The van der Waals surface area contributed by atoms with Gasteiger partial charge >= 0.3 is 0 Å². The zero-order chi connectivity index (χ0) is 12.9. The van der Waals surface area contributed by atoms with Crippen molar-refractivity contribution in [1.29, 1.82) is 0 Å². The van der Waals surface area contributed by atoms with Crippen LogP contribution < -0.4 is 5.32 Å². The predicted octanol–water partition coefficient (Wildman–Crippen LogP) is 2.59. The molecule has 0 radical (unpaired) electrons. The lowest BCUT2D eigenvalue weighted by molar-refractivity contribution is -0.131. The zero-order valence-electron chi connectivity index (χ0n) is 11.4. The molecule has 1 aliphatic carbocycles. The highest BCUT2D eigenvalue weighted by molar-refractivity contribution is 7.99. The third-order valence-corrected chi connectivity index (χ3v) is 4.15. The highest BCUT2D eigenvalue weighted by Gasteiger charge is 2.22. The van der Waals surface area contributed by atoms with E-state index in [2.05, 4.69) is 11.6 Å². The van der Waals surface area contributed by atoms with Gasteiger partial charge in [0.15, 0.2) is 0 Å². The predicted molar refractivity (Wildman–Crippen MR) is 73.4 cm³/mol. The minimum absolute atomic E-state index is 0.0209. The summed E-state index contributed by atoms with van der Waals surface area (Å²) >= 11 is 1.94. The van der Waals surface area contributed by atoms with Gasteiger partial charge in [0, 0.05) is 11.3 Å². The summed E-state index contributed by atoms with van der Waals surface area (Å²) in [6.07, 6.45) is 6.80. The second-order valence-corrected chi connectivity index (χ2v) is 6.82. The Morgan fingerprint density at radius 2 is 1.88 bits per heavy atom. The second-order valence-electron chi connectivity index (χ2n) is 5.68. The molecule has 0 spiro atoms. The fraction of sp³-hybridized carbons (Fsp3) is 0.923. The average molecular weight is 259 g/mol. The van der Waals surface area contributed by atoms with Gasteiger partial charge in [-0.1, -0.05) is 0 Å². The molecule has 0 unspecified atom stereocenters. The summed E-state index contributed by atoms with van der Waals surface area (Å²) in [5, 5.41) is 3.85. The quantitative estimate of drug-likeness (QED) is 0.843. The SMILES string of the molecule is CSC1CCC(NC(=O)COC(C)(C)C)CC1. The van der Waals surface area contributed by atoms with Crippen molar-refractivity contribution in [3.63, 3.8) is 0 Å². The Hall–Kier alpha value is -0.220. The van der Waals surface area contributed by atoms with Crippen LogP contribution in [0.4, 0.5) is 0 Å². The van der Waals surface area contributed by atoms with Crippen LogP contribution in [0.15, 0.2) is 0 Å². The first-order valence-electron chi connectivity index (χ1n) is 6.37. The molecule has 4 heteroatoms. The molecule has 100 valence electrons.